The predicted octanol–water partition coefficient (Wildman–Crippen LogP) is 4.10. The lowest BCUT2D eigenvalue weighted by atomic mass is 10.1. The van der Waals surface area contributed by atoms with Gasteiger partial charge in [-0.25, -0.2) is 0 Å². The predicted molar refractivity (Wildman–Crippen MR) is 92.1 cm³/mol. The van der Waals surface area contributed by atoms with E-state index in [1.165, 1.54) is 12.8 Å². The number of rotatable bonds is 7. The second-order valence-electron chi connectivity index (χ2n) is 5.11. The quantitative estimate of drug-likeness (QED) is 0.564. The fraction of sp³-hybridized carbons (Fsp3) is 0.824. The normalized spacial score (nSPS) is 9.30. The largest absolute Gasteiger partial charge is 0.352 e. The van der Waals surface area contributed by atoms with Crippen molar-refractivity contribution in [2.24, 2.45) is 5.92 Å². The van der Waals surface area contributed by atoms with Crippen molar-refractivity contribution in [1.82, 2.24) is 10.2 Å². The van der Waals surface area contributed by atoms with Crippen LogP contribution in [0, 0.1) is 5.92 Å². The number of nitrogens with zero attached hydrogens (tertiary/aromatic N) is 1. The van der Waals surface area contributed by atoms with Crippen LogP contribution in [-0.4, -0.2) is 38.0 Å². The summed E-state index contributed by atoms with van der Waals surface area (Å²) >= 11 is 0. The minimum Gasteiger partial charge on any atom is -0.352 e. The van der Waals surface area contributed by atoms with E-state index >= 15 is 0 Å². The minimum atomic E-state index is -0.0474. The van der Waals surface area contributed by atoms with Crippen LogP contribution in [0.4, 0.5) is 0 Å². The van der Waals surface area contributed by atoms with Crippen molar-refractivity contribution in [2.75, 3.05) is 27.2 Å². The zero-order chi connectivity index (χ0) is 16.6. The molecule has 0 aliphatic carbocycles. The summed E-state index contributed by atoms with van der Waals surface area (Å²) < 4.78 is 0. The molecule has 0 unspecified atom stereocenters. The maximum absolute atomic E-state index is 11.0. The second-order valence-corrected chi connectivity index (χ2v) is 5.11. The fourth-order valence-corrected chi connectivity index (χ4v) is 1.04. The van der Waals surface area contributed by atoms with E-state index in [4.69, 9.17) is 0 Å². The molecule has 0 aromatic carbocycles. The van der Waals surface area contributed by atoms with E-state index in [-0.39, 0.29) is 5.91 Å². The molecule has 0 saturated carbocycles. The Hall–Kier alpha value is -0.830. The molecule has 0 heterocycles. The smallest absolute Gasteiger partial charge is 0.246 e. The van der Waals surface area contributed by atoms with Crippen molar-refractivity contribution in [2.45, 2.75) is 60.8 Å². The summed E-state index contributed by atoms with van der Waals surface area (Å²) in [6.07, 6.45) is 3.64. The lowest BCUT2D eigenvalue weighted by Gasteiger charge is -2.09. The Morgan fingerprint density at radius 1 is 1.20 bits per heavy atom. The van der Waals surface area contributed by atoms with Gasteiger partial charge in [0.15, 0.2) is 0 Å². The van der Waals surface area contributed by atoms with E-state index in [1.807, 2.05) is 27.9 Å². The summed E-state index contributed by atoms with van der Waals surface area (Å²) in [4.78, 5) is 13.1. The summed E-state index contributed by atoms with van der Waals surface area (Å²) in [6.45, 7) is 17.7. The lowest BCUT2D eigenvalue weighted by molar-refractivity contribution is -0.117. The van der Waals surface area contributed by atoms with Crippen LogP contribution in [0.15, 0.2) is 12.2 Å². The highest BCUT2D eigenvalue weighted by molar-refractivity contribution is 5.91. The third-order valence-corrected chi connectivity index (χ3v) is 2.85. The SMILES string of the molecule is C=C(C)C(=O)NCCCN(C)C.CC.CCC(C)CC. The molecule has 0 saturated heterocycles. The van der Waals surface area contributed by atoms with Gasteiger partial charge in [-0.2, -0.15) is 0 Å². The first-order valence-electron chi connectivity index (χ1n) is 7.93. The summed E-state index contributed by atoms with van der Waals surface area (Å²) in [5, 5.41) is 2.77. The van der Waals surface area contributed by atoms with E-state index in [2.05, 4.69) is 37.6 Å². The Morgan fingerprint density at radius 3 is 1.90 bits per heavy atom. The first-order chi connectivity index (χ1) is 9.34. The van der Waals surface area contributed by atoms with Crippen molar-refractivity contribution in [3.8, 4) is 0 Å². The van der Waals surface area contributed by atoms with Crippen LogP contribution in [0.3, 0.4) is 0 Å². The molecule has 0 radical (unpaired) electrons. The molecule has 1 N–H and O–H groups in total. The van der Waals surface area contributed by atoms with Crippen molar-refractivity contribution in [3.63, 3.8) is 0 Å². The van der Waals surface area contributed by atoms with Gasteiger partial charge < -0.3 is 10.2 Å². The summed E-state index contributed by atoms with van der Waals surface area (Å²) in [6, 6.07) is 0. The first-order valence-corrected chi connectivity index (χ1v) is 7.93. The standard InChI is InChI=1S/C9H18N2O.C6H14.C2H6/c1-8(2)9(12)10-6-5-7-11(3)4;1-4-6(3)5-2;1-2/h1,5-7H2,2-4H3,(H,10,12);6H,4-5H2,1-3H3;1-2H3. The Balaban J connectivity index is -0.000000304. The third kappa shape index (κ3) is 22.4. The van der Waals surface area contributed by atoms with Gasteiger partial charge >= 0.3 is 0 Å². The third-order valence-electron chi connectivity index (χ3n) is 2.85. The molecule has 0 fully saturated rings. The number of amides is 1. The van der Waals surface area contributed by atoms with E-state index in [1.54, 1.807) is 6.92 Å². The van der Waals surface area contributed by atoms with Gasteiger partial charge in [-0.15, -0.1) is 0 Å². The van der Waals surface area contributed by atoms with Crippen LogP contribution in [0.2, 0.25) is 0 Å². The van der Waals surface area contributed by atoms with Gasteiger partial charge in [0.1, 0.15) is 0 Å². The van der Waals surface area contributed by atoms with Crippen LogP contribution in [0.1, 0.15) is 60.8 Å². The fourth-order valence-electron chi connectivity index (χ4n) is 1.04. The zero-order valence-electron chi connectivity index (χ0n) is 15.2. The summed E-state index contributed by atoms with van der Waals surface area (Å²) in [7, 11) is 4.03. The van der Waals surface area contributed by atoms with Crippen molar-refractivity contribution in [3.05, 3.63) is 12.2 Å². The molecule has 0 aromatic rings. The van der Waals surface area contributed by atoms with Gasteiger partial charge in [0.05, 0.1) is 0 Å². The molecule has 0 aliphatic heterocycles. The van der Waals surface area contributed by atoms with Crippen molar-refractivity contribution in [1.29, 1.82) is 0 Å². The van der Waals surface area contributed by atoms with Gasteiger partial charge in [0.25, 0.3) is 0 Å². The van der Waals surface area contributed by atoms with Gasteiger partial charge in [0, 0.05) is 12.1 Å². The minimum absolute atomic E-state index is 0.0474. The number of nitrogens with one attached hydrogen (secondary N) is 1. The Kier molecular flexibility index (Phi) is 22.0. The number of hydrogen-bond acceptors (Lipinski definition) is 2. The molecule has 20 heavy (non-hydrogen) atoms. The van der Waals surface area contributed by atoms with Gasteiger partial charge in [-0.1, -0.05) is 54.0 Å². The number of carbonyl (C=O) groups excluding carboxylic acids is 1. The van der Waals surface area contributed by atoms with Crippen LogP contribution < -0.4 is 5.32 Å². The van der Waals surface area contributed by atoms with Crippen LogP contribution in [-0.2, 0) is 4.79 Å². The Morgan fingerprint density at radius 2 is 1.65 bits per heavy atom. The zero-order valence-corrected chi connectivity index (χ0v) is 15.2. The molecule has 0 aromatic heterocycles. The van der Waals surface area contributed by atoms with Gasteiger partial charge in [0.2, 0.25) is 5.91 Å². The topological polar surface area (TPSA) is 32.3 Å². The van der Waals surface area contributed by atoms with Gasteiger partial charge in [-0.05, 0) is 39.9 Å². The molecule has 0 aliphatic rings. The second kappa shape index (κ2) is 18.2. The highest BCUT2D eigenvalue weighted by Crippen LogP contribution is 2.02. The van der Waals surface area contributed by atoms with E-state index in [0.29, 0.717) is 5.57 Å². The maximum Gasteiger partial charge on any atom is 0.246 e. The van der Waals surface area contributed by atoms with E-state index in [0.717, 1.165) is 25.4 Å². The van der Waals surface area contributed by atoms with Gasteiger partial charge in [-0.3, -0.25) is 4.79 Å². The highest BCUT2D eigenvalue weighted by Gasteiger charge is 1.99. The Bertz CT molecular complexity index is 221. The molecule has 3 nitrogen and oxygen atoms in total. The van der Waals surface area contributed by atoms with E-state index < -0.39 is 0 Å². The highest BCUT2D eigenvalue weighted by atomic mass is 16.1. The van der Waals surface area contributed by atoms with Crippen molar-refractivity contribution >= 4 is 5.91 Å². The molecule has 0 rings (SSSR count). The molecule has 122 valence electrons. The average molecular weight is 287 g/mol. The monoisotopic (exact) mass is 286 g/mol. The lowest BCUT2D eigenvalue weighted by Crippen LogP contribution is -2.27. The number of carbonyl (C=O) groups is 1. The summed E-state index contributed by atoms with van der Waals surface area (Å²) in [5.74, 6) is 0.888. The molecule has 0 bridgehead atoms. The van der Waals surface area contributed by atoms with Crippen LogP contribution in [0.5, 0.6) is 0 Å². The Labute approximate surface area is 127 Å². The molecule has 1 amide bonds. The molecular weight excluding hydrogens is 248 g/mol. The number of hydrogen-bond donors (Lipinski definition) is 1. The average Bonchev–Trinajstić information content (AvgIpc) is 2.44. The van der Waals surface area contributed by atoms with Crippen molar-refractivity contribution < 1.29 is 4.79 Å². The maximum atomic E-state index is 11.0. The molecule has 0 spiro atoms. The summed E-state index contributed by atoms with van der Waals surface area (Å²) in [5.41, 5.74) is 0.569. The first kappa shape index (κ1) is 24.2. The van der Waals surface area contributed by atoms with Crippen LogP contribution >= 0.6 is 0 Å². The molecule has 0 atom stereocenters. The van der Waals surface area contributed by atoms with E-state index in [9.17, 15) is 4.79 Å². The van der Waals surface area contributed by atoms with Crippen LogP contribution in [0.25, 0.3) is 0 Å². The molecular formula is C17H38N2O. The molecule has 3 heteroatoms.